The Kier molecular flexibility index (Phi) is 6.21. The fourth-order valence-electron chi connectivity index (χ4n) is 2.04. The molecule has 2 aromatic rings. The molecule has 2 aromatic carbocycles. The third-order valence-electron chi connectivity index (χ3n) is 3.18. The summed E-state index contributed by atoms with van der Waals surface area (Å²) in [5.74, 6) is -1.65. The maximum Gasteiger partial charge on any atom is 0.344 e. The van der Waals surface area contributed by atoms with Crippen molar-refractivity contribution in [3.05, 3.63) is 78.3 Å². The molecule has 0 spiro atoms. The van der Waals surface area contributed by atoms with Crippen molar-refractivity contribution >= 4 is 15.9 Å². The SMILES string of the molecule is C=C(F)Oc1ccc(C(=O)c2ccc(OC(F)=C(F)F)c(S(=O)(=O)O)c2)cc1. The summed E-state index contributed by atoms with van der Waals surface area (Å²) in [6.45, 7) is 2.90. The molecule has 0 saturated carbocycles. The molecule has 0 aliphatic carbocycles. The highest BCUT2D eigenvalue weighted by Crippen LogP contribution is 2.29. The van der Waals surface area contributed by atoms with Crippen LogP contribution in [0.2, 0.25) is 0 Å². The average Bonchev–Trinajstić information content (AvgIpc) is 2.60. The van der Waals surface area contributed by atoms with E-state index in [1.165, 1.54) is 24.3 Å². The van der Waals surface area contributed by atoms with E-state index in [0.29, 0.717) is 6.07 Å². The van der Waals surface area contributed by atoms with Crippen LogP contribution in [0.3, 0.4) is 0 Å². The van der Waals surface area contributed by atoms with Crippen LogP contribution >= 0.6 is 0 Å². The Hall–Kier alpha value is -3.18. The van der Waals surface area contributed by atoms with Gasteiger partial charge in [-0.2, -0.15) is 26.0 Å². The van der Waals surface area contributed by atoms with E-state index in [0.717, 1.165) is 12.1 Å². The van der Waals surface area contributed by atoms with Crippen molar-refractivity contribution in [1.29, 1.82) is 0 Å². The van der Waals surface area contributed by atoms with Crippen LogP contribution in [-0.2, 0) is 10.1 Å². The molecule has 0 radical (unpaired) electrons. The summed E-state index contributed by atoms with van der Waals surface area (Å²) in [6, 6.07) is 3.84. The fourth-order valence-corrected chi connectivity index (χ4v) is 2.68. The molecule has 0 atom stereocenters. The lowest BCUT2D eigenvalue weighted by atomic mass is 10.0. The first kappa shape index (κ1) is 21.1. The second kappa shape index (κ2) is 8.23. The van der Waals surface area contributed by atoms with Crippen LogP contribution < -0.4 is 9.47 Å². The number of halogens is 4. The summed E-state index contributed by atoms with van der Waals surface area (Å²) >= 11 is 0. The molecule has 0 aliphatic rings. The molecule has 6 nitrogen and oxygen atoms in total. The van der Waals surface area contributed by atoms with E-state index in [9.17, 15) is 35.3 Å². The minimum atomic E-state index is -5.05. The highest BCUT2D eigenvalue weighted by molar-refractivity contribution is 7.86. The Bertz CT molecular complexity index is 1060. The van der Waals surface area contributed by atoms with Gasteiger partial charge in [0, 0.05) is 11.1 Å². The number of hydrogen-bond donors (Lipinski definition) is 1. The quantitative estimate of drug-likeness (QED) is 0.310. The van der Waals surface area contributed by atoms with Crippen LogP contribution in [0.15, 0.2) is 72.0 Å². The fraction of sp³-hybridized carbons (Fsp3) is 0. The second-order valence-corrected chi connectivity index (χ2v) is 6.47. The van der Waals surface area contributed by atoms with Crippen molar-refractivity contribution in [3.63, 3.8) is 0 Å². The summed E-state index contributed by atoms with van der Waals surface area (Å²) in [5.41, 5.74) is -0.263. The van der Waals surface area contributed by atoms with Gasteiger partial charge in [0.25, 0.3) is 16.1 Å². The molecule has 1 N–H and O–H groups in total. The van der Waals surface area contributed by atoms with Crippen LogP contribution in [0.5, 0.6) is 11.5 Å². The van der Waals surface area contributed by atoms with Gasteiger partial charge in [-0.05, 0) is 49.0 Å². The smallest absolute Gasteiger partial charge is 0.344 e. The first-order chi connectivity index (χ1) is 13.0. The standard InChI is InChI=1S/C17H10F4O6S/c1-9(18)26-12-5-2-10(3-6-12)15(22)11-4-7-13(27-17(21)16(19)20)14(8-11)28(23,24)25/h2-8H,1H2,(H,23,24,25). The van der Waals surface area contributed by atoms with Gasteiger partial charge >= 0.3 is 12.1 Å². The minimum absolute atomic E-state index is 0.0210. The Morgan fingerprint density at radius 2 is 1.50 bits per heavy atom. The summed E-state index contributed by atoms with van der Waals surface area (Å²) in [5, 5.41) is 0. The molecule has 0 bridgehead atoms. The normalized spacial score (nSPS) is 10.9. The van der Waals surface area contributed by atoms with E-state index in [2.05, 4.69) is 16.1 Å². The van der Waals surface area contributed by atoms with Gasteiger partial charge in [-0.15, -0.1) is 0 Å². The van der Waals surface area contributed by atoms with Gasteiger partial charge in [0.2, 0.25) is 0 Å². The molecule has 148 valence electrons. The lowest BCUT2D eigenvalue weighted by Gasteiger charge is -2.09. The van der Waals surface area contributed by atoms with E-state index in [4.69, 9.17) is 0 Å². The number of rotatable bonds is 7. The van der Waals surface area contributed by atoms with Gasteiger partial charge in [-0.25, -0.2) is 0 Å². The third-order valence-corrected chi connectivity index (χ3v) is 4.05. The summed E-state index contributed by atoms with van der Waals surface area (Å²) < 4.78 is 90.6. The predicted molar refractivity (Wildman–Crippen MR) is 88.0 cm³/mol. The molecular weight excluding hydrogens is 408 g/mol. The van der Waals surface area contributed by atoms with E-state index in [1.54, 1.807) is 0 Å². The first-order valence-corrected chi connectivity index (χ1v) is 8.60. The highest BCUT2D eigenvalue weighted by Gasteiger charge is 2.22. The Labute approximate surface area is 156 Å². The Balaban J connectivity index is 2.42. The summed E-state index contributed by atoms with van der Waals surface area (Å²) in [6.07, 6.45) is -2.85. The summed E-state index contributed by atoms with van der Waals surface area (Å²) in [4.78, 5) is 11.4. The number of ether oxygens (including phenoxy) is 2. The lowest BCUT2D eigenvalue weighted by Crippen LogP contribution is -2.07. The Morgan fingerprint density at radius 3 is 2.00 bits per heavy atom. The molecule has 0 unspecified atom stereocenters. The molecule has 0 aromatic heterocycles. The number of hydrogen-bond acceptors (Lipinski definition) is 5. The molecule has 0 fully saturated rings. The van der Waals surface area contributed by atoms with Gasteiger partial charge in [-0.1, -0.05) is 0 Å². The molecular formula is C17H10F4O6S. The lowest BCUT2D eigenvalue weighted by molar-refractivity contribution is 0.103. The molecule has 0 aliphatic heterocycles. The zero-order chi connectivity index (χ0) is 21.1. The topological polar surface area (TPSA) is 89.9 Å². The molecule has 0 saturated heterocycles. The number of carbonyl (C=O) groups excluding carboxylic acids is 1. The second-order valence-electron chi connectivity index (χ2n) is 5.08. The van der Waals surface area contributed by atoms with Crippen molar-refractivity contribution < 1.29 is 44.8 Å². The summed E-state index contributed by atoms with van der Waals surface area (Å²) in [7, 11) is -5.05. The maximum atomic E-state index is 13.0. The largest absolute Gasteiger partial charge is 0.432 e. The minimum Gasteiger partial charge on any atom is -0.432 e. The van der Waals surface area contributed by atoms with Crippen molar-refractivity contribution in [1.82, 2.24) is 0 Å². The van der Waals surface area contributed by atoms with Crippen molar-refractivity contribution in [2.45, 2.75) is 4.90 Å². The van der Waals surface area contributed by atoms with Crippen molar-refractivity contribution in [3.8, 4) is 11.5 Å². The highest BCUT2D eigenvalue weighted by atomic mass is 32.2. The van der Waals surface area contributed by atoms with Crippen LogP contribution in [-0.4, -0.2) is 18.8 Å². The van der Waals surface area contributed by atoms with E-state index in [1.807, 2.05) is 0 Å². The third kappa shape index (κ3) is 5.18. The van der Waals surface area contributed by atoms with Crippen LogP contribution in [0, 0.1) is 0 Å². The molecule has 28 heavy (non-hydrogen) atoms. The predicted octanol–water partition coefficient (Wildman–Crippen LogP) is 4.40. The van der Waals surface area contributed by atoms with Gasteiger partial charge < -0.3 is 9.47 Å². The van der Waals surface area contributed by atoms with Gasteiger partial charge in [0.15, 0.2) is 11.5 Å². The van der Waals surface area contributed by atoms with E-state index >= 15 is 0 Å². The van der Waals surface area contributed by atoms with Crippen LogP contribution in [0.25, 0.3) is 0 Å². The molecule has 0 heterocycles. The number of ketones is 1. The van der Waals surface area contributed by atoms with E-state index in [-0.39, 0.29) is 16.9 Å². The first-order valence-electron chi connectivity index (χ1n) is 7.16. The van der Waals surface area contributed by atoms with Crippen molar-refractivity contribution in [2.24, 2.45) is 0 Å². The molecule has 11 heteroatoms. The molecule has 0 amide bonds. The van der Waals surface area contributed by atoms with Crippen molar-refractivity contribution in [2.75, 3.05) is 0 Å². The number of benzene rings is 2. The van der Waals surface area contributed by atoms with Gasteiger partial charge in [-0.3, -0.25) is 9.35 Å². The zero-order valence-corrected chi connectivity index (χ0v) is 14.5. The van der Waals surface area contributed by atoms with E-state index < -0.39 is 44.7 Å². The maximum absolute atomic E-state index is 13.0. The number of carbonyl (C=O) groups is 1. The monoisotopic (exact) mass is 418 g/mol. The van der Waals surface area contributed by atoms with Crippen LogP contribution in [0.1, 0.15) is 15.9 Å². The Morgan fingerprint density at radius 1 is 0.929 bits per heavy atom. The molecule has 2 rings (SSSR count). The van der Waals surface area contributed by atoms with Gasteiger partial charge in [0.05, 0.1) is 0 Å². The average molecular weight is 418 g/mol. The zero-order valence-electron chi connectivity index (χ0n) is 13.7. The van der Waals surface area contributed by atoms with Crippen LogP contribution in [0.4, 0.5) is 17.6 Å². The van der Waals surface area contributed by atoms with Gasteiger partial charge in [0.1, 0.15) is 10.6 Å².